The molecule has 1 nitrogen and oxygen atoms in total. The minimum atomic E-state index is -0.669. The van der Waals surface area contributed by atoms with E-state index in [1.807, 2.05) is 78.9 Å². The zero-order valence-electron chi connectivity index (χ0n) is 39.2. The van der Waals surface area contributed by atoms with E-state index >= 15 is 0 Å². The first kappa shape index (κ1) is 20.1. The molecule has 0 atom stereocenters. The van der Waals surface area contributed by atoms with E-state index in [0.29, 0.717) is 27.6 Å². The van der Waals surface area contributed by atoms with Gasteiger partial charge in [-0.25, -0.2) is 0 Å². The Morgan fingerprint density at radius 3 is 1.35 bits per heavy atom. The van der Waals surface area contributed by atoms with Gasteiger partial charge in [0.15, 0.2) is 0 Å². The predicted molar refractivity (Wildman–Crippen MR) is 218 cm³/mol. The van der Waals surface area contributed by atoms with Gasteiger partial charge in [-0.05, 0) is 102 Å². The van der Waals surface area contributed by atoms with Gasteiger partial charge in [0.25, 0.3) is 0 Å². The summed E-state index contributed by atoms with van der Waals surface area (Å²) in [5, 5.41) is 3.15. The van der Waals surface area contributed by atoms with E-state index in [2.05, 4.69) is 0 Å². The van der Waals surface area contributed by atoms with Crippen LogP contribution in [0.15, 0.2) is 212 Å². The number of hydrogen-bond acceptors (Lipinski definition) is 1. The summed E-state index contributed by atoms with van der Waals surface area (Å²) in [7, 11) is 0. The van der Waals surface area contributed by atoms with Gasteiger partial charge in [0.05, 0.1) is 16.4 Å². The first-order valence-corrected chi connectivity index (χ1v) is 16.6. The normalized spacial score (nSPS) is 14.4. The monoisotopic (exact) mass is 661 g/mol. The van der Waals surface area contributed by atoms with Crippen LogP contribution in [-0.4, -0.2) is 0 Å². The SMILES string of the molecule is [2H]c1c([2H])c(N(c2c([2H])c([2H])c(-c3ccc4ccccc4c3-c3ccccc3)c([2H])c2[2H])c2c([2H])c([2H])c(-c3cccc4ccccc34)c([2H])c2[2H])c([2H])c([2H])c1-c1ccccc1. The van der Waals surface area contributed by atoms with Crippen LogP contribution in [0.2, 0.25) is 0 Å². The lowest BCUT2D eigenvalue weighted by atomic mass is 9.90. The van der Waals surface area contributed by atoms with Crippen LogP contribution in [0.25, 0.3) is 66.1 Å². The third kappa shape index (κ3) is 5.86. The standard InChI is InChI=1S/C50H35N/c1-3-12-36(13-4-1)37-22-29-43(30-23-37)51(44-31-24-40(25-32-44)47-21-11-18-38-14-7-9-19-46(38)47)45-33-26-41(27-34-45)49-35-28-39-15-8-10-20-48(39)50(49)42-16-5-2-6-17-42/h1-35H/i22D,23D,24D,25D,26D,27D,29D,30D,31D,32D,33D,34D. The van der Waals surface area contributed by atoms with Crippen LogP contribution in [0.1, 0.15) is 16.4 Å². The molecule has 0 N–H and O–H groups in total. The maximum Gasteiger partial charge on any atom is 0.0645 e. The predicted octanol–water partition coefficient (Wildman–Crippen LogP) is 14.1. The topological polar surface area (TPSA) is 3.24 Å². The van der Waals surface area contributed by atoms with Crippen molar-refractivity contribution < 1.29 is 16.4 Å². The molecule has 0 saturated heterocycles. The first-order chi connectivity index (χ1) is 30.3. The Balaban J connectivity index is 1.38. The maximum atomic E-state index is 9.67. The molecule has 0 radical (unpaired) electrons. The molecule has 240 valence electrons. The summed E-state index contributed by atoms with van der Waals surface area (Å²) in [6.07, 6.45) is 0. The fourth-order valence-corrected chi connectivity index (χ4v) is 6.45. The highest BCUT2D eigenvalue weighted by Gasteiger charge is 2.16. The van der Waals surface area contributed by atoms with E-state index in [1.54, 1.807) is 60.7 Å². The van der Waals surface area contributed by atoms with E-state index in [9.17, 15) is 16.4 Å². The lowest BCUT2D eigenvalue weighted by Crippen LogP contribution is -2.09. The van der Waals surface area contributed by atoms with Gasteiger partial charge in [0.2, 0.25) is 0 Å². The molecule has 0 saturated carbocycles. The minimum absolute atomic E-state index is 0.0378. The maximum absolute atomic E-state index is 9.67. The molecule has 0 aromatic heterocycles. The molecular weight excluding hydrogens is 615 g/mol. The highest BCUT2D eigenvalue weighted by Crippen LogP contribution is 2.41. The van der Waals surface area contributed by atoms with Gasteiger partial charge in [0.1, 0.15) is 0 Å². The van der Waals surface area contributed by atoms with Crippen molar-refractivity contribution in [2.24, 2.45) is 0 Å². The van der Waals surface area contributed by atoms with Gasteiger partial charge in [0, 0.05) is 17.1 Å². The summed E-state index contributed by atoms with van der Waals surface area (Å²) >= 11 is 0. The molecule has 0 aliphatic rings. The molecule has 0 unspecified atom stereocenters. The lowest BCUT2D eigenvalue weighted by molar-refractivity contribution is 1.28. The van der Waals surface area contributed by atoms with Gasteiger partial charge >= 0.3 is 0 Å². The summed E-state index contributed by atoms with van der Waals surface area (Å²) in [6.45, 7) is 0. The van der Waals surface area contributed by atoms with Gasteiger partial charge in [-0.15, -0.1) is 0 Å². The molecule has 9 aromatic carbocycles. The number of anilines is 3. The summed E-state index contributed by atoms with van der Waals surface area (Å²) in [5.41, 5.74) is 0.763. The molecule has 9 rings (SSSR count). The number of benzene rings is 9. The zero-order chi connectivity index (χ0) is 44.4. The second kappa shape index (κ2) is 13.3. The van der Waals surface area contributed by atoms with Crippen molar-refractivity contribution in [3.8, 4) is 44.5 Å². The quantitative estimate of drug-likeness (QED) is 0.164. The molecule has 0 amide bonds. The number of fused-ring (bicyclic) bond motifs is 2. The van der Waals surface area contributed by atoms with E-state index in [0.717, 1.165) is 26.6 Å². The highest BCUT2D eigenvalue weighted by atomic mass is 15.1. The van der Waals surface area contributed by atoms with Crippen molar-refractivity contribution in [3.63, 3.8) is 0 Å². The van der Waals surface area contributed by atoms with E-state index in [1.165, 1.54) is 0 Å². The summed E-state index contributed by atoms with van der Waals surface area (Å²) < 4.78 is 114. The van der Waals surface area contributed by atoms with Crippen molar-refractivity contribution in [2.75, 3.05) is 4.90 Å². The Morgan fingerprint density at radius 2 is 0.745 bits per heavy atom. The van der Waals surface area contributed by atoms with Gasteiger partial charge in [-0.3, -0.25) is 0 Å². The van der Waals surface area contributed by atoms with Crippen molar-refractivity contribution in [1.82, 2.24) is 0 Å². The highest BCUT2D eigenvalue weighted by molar-refractivity contribution is 6.04. The largest absolute Gasteiger partial charge is 0.311 e. The van der Waals surface area contributed by atoms with Crippen LogP contribution in [0.3, 0.4) is 0 Å². The molecular formula is C50H35N. The Hall–Kier alpha value is -6.70. The molecule has 0 bridgehead atoms. The third-order valence-electron chi connectivity index (χ3n) is 8.89. The van der Waals surface area contributed by atoms with Gasteiger partial charge in [-0.1, -0.05) is 176 Å². The third-order valence-corrected chi connectivity index (χ3v) is 8.89. The van der Waals surface area contributed by atoms with Crippen molar-refractivity contribution in [1.29, 1.82) is 0 Å². The van der Waals surface area contributed by atoms with Gasteiger partial charge < -0.3 is 4.90 Å². The molecule has 0 aliphatic heterocycles. The Labute approximate surface area is 316 Å². The second-order valence-corrected chi connectivity index (χ2v) is 12.0. The number of rotatable bonds is 7. The molecule has 9 aromatic rings. The van der Waals surface area contributed by atoms with Crippen molar-refractivity contribution in [3.05, 3.63) is 212 Å². The summed E-state index contributed by atoms with van der Waals surface area (Å²) in [6, 6.07) is 34.6. The Morgan fingerprint density at radius 1 is 0.294 bits per heavy atom. The van der Waals surface area contributed by atoms with Crippen molar-refractivity contribution >= 4 is 38.6 Å². The zero-order valence-corrected chi connectivity index (χ0v) is 27.2. The molecule has 0 spiro atoms. The Bertz CT molecular complexity index is 3230. The van der Waals surface area contributed by atoms with Crippen LogP contribution in [0.4, 0.5) is 17.1 Å². The summed E-state index contributed by atoms with van der Waals surface area (Å²) in [5.74, 6) is 0. The number of nitrogens with zero attached hydrogens (tertiary/aromatic N) is 1. The van der Waals surface area contributed by atoms with Crippen LogP contribution < -0.4 is 4.90 Å². The van der Waals surface area contributed by atoms with Crippen LogP contribution in [0.5, 0.6) is 0 Å². The molecule has 51 heavy (non-hydrogen) atoms. The van der Waals surface area contributed by atoms with Crippen molar-refractivity contribution in [2.45, 2.75) is 0 Å². The number of hydrogen-bond donors (Lipinski definition) is 0. The van der Waals surface area contributed by atoms with Crippen LogP contribution >= 0.6 is 0 Å². The summed E-state index contributed by atoms with van der Waals surface area (Å²) in [4.78, 5) is 0.853. The van der Waals surface area contributed by atoms with Crippen LogP contribution in [-0.2, 0) is 0 Å². The fourth-order valence-electron chi connectivity index (χ4n) is 6.45. The van der Waals surface area contributed by atoms with E-state index < -0.39 is 89.6 Å². The molecule has 1 heteroatoms. The average Bonchev–Trinajstić information content (AvgIpc) is 3.30. The molecule has 0 heterocycles. The molecule has 0 aliphatic carbocycles. The molecule has 0 fully saturated rings. The second-order valence-electron chi connectivity index (χ2n) is 12.0. The Kier molecular flexibility index (Phi) is 5.24. The van der Waals surface area contributed by atoms with Crippen LogP contribution in [0, 0.1) is 0 Å². The van der Waals surface area contributed by atoms with E-state index in [-0.39, 0.29) is 16.7 Å². The minimum Gasteiger partial charge on any atom is -0.311 e. The average molecular weight is 662 g/mol. The fraction of sp³-hybridized carbons (Fsp3) is 0. The smallest absolute Gasteiger partial charge is 0.0645 e. The first-order valence-electron chi connectivity index (χ1n) is 22.6. The lowest BCUT2D eigenvalue weighted by Gasteiger charge is -2.26. The van der Waals surface area contributed by atoms with E-state index in [4.69, 9.17) is 0 Å². The van der Waals surface area contributed by atoms with Gasteiger partial charge in [-0.2, -0.15) is 0 Å².